The van der Waals surface area contributed by atoms with E-state index in [1.54, 1.807) is 11.3 Å². The van der Waals surface area contributed by atoms with Gasteiger partial charge in [0.1, 0.15) is 0 Å². The van der Waals surface area contributed by atoms with Crippen molar-refractivity contribution >= 4 is 22.9 Å². The number of likely N-dealkylation sites (N-methyl/N-ethyl adjacent to an activating group) is 1. The maximum atomic E-state index is 6.19. The Bertz CT molecular complexity index is 303. The Kier molecular flexibility index (Phi) is 6.36. The molecular formula is C12H20ClNOS. The van der Waals surface area contributed by atoms with Crippen LogP contribution in [0.1, 0.15) is 38.1 Å². The molecule has 0 spiro atoms. The molecule has 1 N–H and O–H groups in total. The van der Waals surface area contributed by atoms with Crippen molar-refractivity contribution in [1.29, 1.82) is 0 Å². The van der Waals surface area contributed by atoms with E-state index in [0.29, 0.717) is 0 Å². The summed E-state index contributed by atoms with van der Waals surface area (Å²) in [5.74, 6) is 0. The van der Waals surface area contributed by atoms with E-state index < -0.39 is 0 Å². The van der Waals surface area contributed by atoms with Crippen LogP contribution in [-0.2, 0) is 4.74 Å². The predicted octanol–water partition coefficient (Wildman–Crippen LogP) is 3.87. The van der Waals surface area contributed by atoms with E-state index in [4.69, 9.17) is 16.3 Å². The van der Waals surface area contributed by atoms with Crippen LogP contribution in [-0.4, -0.2) is 19.3 Å². The molecular weight excluding hydrogens is 242 g/mol. The molecule has 0 saturated heterocycles. The van der Waals surface area contributed by atoms with Gasteiger partial charge in [0.05, 0.1) is 17.2 Å². The molecule has 92 valence electrons. The van der Waals surface area contributed by atoms with Crippen LogP contribution in [0.3, 0.4) is 0 Å². The molecule has 2 unspecified atom stereocenters. The first-order valence-electron chi connectivity index (χ1n) is 5.82. The second-order valence-electron chi connectivity index (χ2n) is 3.57. The van der Waals surface area contributed by atoms with E-state index in [0.717, 1.165) is 24.6 Å². The molecule has 1 aromatic rings. The number of halogens is 1. The Morgan fingerprint density at radius 1 is 1.44 bits per heavy atom. The zero-order chi connectivity index (χ0) is 12.0. The lowest BCUT2D eigenvalue weighted by Gasteiger charge is -2.26. The predicted molar refractivity (Wildman–Crippen MR) is 71.5 cm³/mol. The molecule has 1 aromatic heterocycles. The van der Waals surface area contributed by atoms with Gasteiger partial charge >= 0.3 is 0 Å². The summed E-state index contributed by atoms with van der Waals surface area (Å²) >= 11 is 7.88. The summed E-state index contributed by atoms with van der Waals surface area (Å²) in [4.78, 5) is 1.18. The summed E-state index contributed by atoms with van der Waals surface area (Å²) in [5.41, 5.74) is 0. The molecule has 1 heterocycles. The molecule has 0 aromatic carbocycles. The molecule has 0 aliphatic carbocycles. The van der Waals surface area contributed by atoms with Gasteiger partial charge in [0.15, 0.2) is 0 Å². The van der Waals surface area contributed by atoms with Crippen molar-refractivity contribution in [3.63, 3.8) is 0 Å². The number of hydrogen-bond donors (Lipinski definition) is 1. The van der Waals surface area contributed by atoms with Crippen LogP contribution in [0.25, 0.3) is 0 Å². The minimum atomic E-state index is 0.195. The van der Waals surface area contributed by atoms with Crippen molar-refractivity contribution in [2.24, 2.45) is 0 Å². The maximum absolute atomic E-state index is 6.19. The van der Waals surface area contributed by atoms with Gasteiger partial charge in [0.25, 0.3) is 0 Å². The number of nitrogens with one attached hydrogen (secondary N) is 1. The number of thiophene rings is 1. The molecule has 2 nitrogen and oxygen atoms in total. The Balaban J connectivity index is 2.84. The van der Waals surface area contributed by atoms with E-state index >= 15 is 0 Å². The third-order valence-corrected chi connectivity index (χ3v) is 3.95. The van der Waals surface area contributed by atoms with E-state index in [9.17, 15) is 0 Å². The van der Waals surface area contributed by atoms with Crippen molar-refractivity contribution in [3.05, 3.63) is 21.3 Å². The minimum absolute atomic E-state index is 0.195. The fourth-order valence-electron chi connectivity index (χ4n) is 1.80. The number of rotatable bonds is 7. The largest absolute Gasteiger partial charge is 0.377 e. The lowest BCUT2D eigenvalue weighted by molar-refractivity contribution is 0.0327. The highest BCUT2D eigenvalue weighted by Gasteiger charge is 2.24. The average Bonchev–Trinajstić information content (AvgIpc) is 2.69. The van der Waals surface area contributed by atoms with Crippen LogP contribution in [0, 0.1) is 0 Å². The first kappa shape index (κ1) is 14.0. The first-order valence-corrected chi connectivity index (χ1v) is 7.08. The quantitative estimate of drug-likeness (QED) is 0.805. The third-order valence-electron chi connectivity index (χ3n) is 2.51. The van der Waals surface area contributed by atoms with E-state index in [1.807, 2.05) is 18.4 Å². The van der Waals surface area contributed by atoms with Gasteiger partial charge in [-0.25, -0.2) is 0 Å². The van der Waals surface area contributed by atoms with Gasteiger partial charge in [0, 0.05) is 11.5 Å². The molecule has 4 heteroatoms. The lowest BCUT2D eigenvalue weighted by atomic mass is 10.1. The molecule has 0 radical (unpaired) electrons. The molecule has 0 fully saturated rings. The molecule has 1 rings (SSSR count). The van der Waals surface area contributed by atoms with Gasteiger partial charge in [-0.15, -0.1) is 11.3 Å². The molecule has 0 aliphatic rings. The summed E-state index contributed by atoms with van der Waals surface area (Å²) in [7, 11) is 0. The molecule has 0 saturated carbocycles. The highest BCUT2D eigenvalue weighted by Crippen LogP contribution is 2.32. The monoisotopic (exact) mass is 261 g/mol. The van der Waals surface area contributed by atoms with Crippen LogP contribution < -0.4 is 5.32 Å². The molecule has 2 atom stereocenters. The van der Waals surface area contributed by atoms with E-state index in [1.165, 1.54) is 4.88 Å². The zero-order valence-electron chi connectivity index (χ0n) is 10.1. The van der Waals surface area contributed by atoms with Gasteiger partial charge in [-0.3, -0.25) is 0 Å². The van der Waals surface area contributed by atoms with Gasteiger partial charge < -0.3 is 10.1 Å². The highest BCUT2D eigenvalue weighted by atomic mass is 35.5. The van der Waals surface area contributed by atoms with E-state index in [-0.39, 0.29) is 12.1 Å². The normalized spacial score (nSPS) is 15.0. The average molecular weight is 262 g/mol. The van der Waals surface area contributed by atoms with Crippen molar-refractivity contribution in [2.45, 2.75) is 39.3 Å². The maximum Gasteiger partial charge on any atom is 0.0775 e. The smallest absolute Gasteiger partial charge is 0.0775 e. The van der Waals surface area contributed by atoms with Gasteiger partial charge in [-0.05, 0) is 31.3 Å². The van der Waals surface area contributed by atoms with Gasteiger partial charge in [-0.1, -0.05) is 25.4 Å². The van der Waals surface area contributed by atoms with Crippen LogP contribution >= 0.6 is 22.9 Å². The van der Waals surface area contributed by atoms with Crippen LogP contribution in [0.5, 0.6) is 0 Å². The summed E-state index contributed by atoms with van der Waals surface area (Å²) in [6, 6.07) is 2.16. The Morgan fingerprint density at radius 2 is 2.19 bits per heavy atom. The van der Waals surface area contributed by atoms with Crippen molar-refractivity contribution in [3.8, 4) is 0 Å². The van der Waals surface area contributed by atoms with Crippen molar-refractivity contribution < 1.29 is 4.74 Å². The Labute approximate surface area is 107 Å². The fourth-order valence-corrected chi connectivity index (χ4v) is 3.11. The molecule has 0 aliphatic heterocycles. The second kappa shape index (κ2) is 7.28. The van der Waals surface area contributed by atoms with E-state index in [2.05, 4.69) is 19.2 Å². The third kappa shape index (κ3) is 3.45. The summed E-state index contributed by atoms with van der Waals surface area (Å²) < 4.78 is 5.77. The summed E-state index contributed by atoms with van der Waals surface area (Å²) in [6.45, 7) is 7.94. The minimum Gasteiger partial charge on any atom is -0.377 e. The van der Waals surface area contributed by atoms with Crippen LogP contribution in [0.15, 0.2) is 11.4 Å². The topological polar surface area (TPSA) is 21.3 Å². The van der Waals surface area contributed by atoms with Crippen LogP contribution in [0.4, 0.5) is 0 Å². The molecule has 0 bridgehead atoms. The zero-order valence-corrected chi connectivity index (χ0v) is 11.7. The van der Waals surface area contributed by atoms with Crippen molar-refractivity contribution in [1.82, 2.24) is 5.32 Å². The van der Waals surface area contributed by atoms with Gasteiger partial charge in [-0.2, -0.15) is 0 Å². The SMILES string of the molecule is CCNC(c1sccc1Cl)C(CC)OCC. The number of ether oxygens (including phenoxy) is 1. The lowest BCUT2D eigenvalue weighted by Crippen LogP contribution is -2.33. The van der Waals surface area contributed by atoms with Crippen LogP contribution in [0.2, 0.25) is 5.02 Å². The standard InChI is InChI=1S/C12H20ClNOS/c1-4-10(15-6-3)11(14-5-2)12-9(13)7-8-16-12/h7-8,10-11,14H,4-6H2,1-3H3. The van der Waals surface area contributed by atoms with Gasteiger partial charge in [0.2, 0.25) is 0 Å². The number of hydrogen-bond acceptors (Lipinski definition) is 3. The molecule has 16 heavy (non-hydrogen) atoms. The highest BCUT2D eigenvalue weighted by molar-refractivity contribution is 7.10. The molecule has 0 amide bonds. The first-order chi connectivity index (χ1) is 7.74. The summed E-state index contributed by atoms with van der Waals surface area (Å²) in [6.07, 6.45) is 1.18. The Morgan fingerprint density at radius 3 is 2.62 bits per heavy atom. The second-order valence-corrected chi connectivity index (χ2v) is 4.93. The Hall–Kier alpha value is -0.0900. The summed E-state index contributed by atoms with van der Waals surface area (Å²) in [5, 5.41) is 6.33. The fraction of sp³-hybridized carbons (Fsp3) is 0.667. The van der Waals surface area contributed by atoms with Crippen molar-refractivity contribution in [2.75, 3.05) is 13.2 Å².